The van der Waals surface area contributed by atoms with Crippen molar-refractivity contribution in [2.24, 2.45) is 0 Å². The lowest BCUT2D eigenvalue weighted by atomic mass is 9.87. The summed E-state index contributed by atoms with van der Waals surface area (Å²) in [5, 5.41) is 12.0. The van der Waals surface area contributed by atoms with Crippen molar-refractivity contribution in [3.05, 3.63) is 101 Å². The summed E-state index contributed by atoms with van der Waals surface area (Å²) in [5.74, 6) is 0.0161. The van der Waals surface area contributed by atoms with Crippen LogP contribution in [0.2, 0.25) is 0 Å². The van der Waals surface area contributed by atoms with Crippen molar-refractivity contribution in [2.45, 2.75) is 33.2 Å². The van der Waals surface area contributed by atoms with E-state index in [4.69, 9.17) is 0 Å². The smallest absolute Gasteiger partial charge is 0.409 e. The Labute approximate surface area is 218 Å². The second kappa shape index (κ2) is 12.3. The van der Waals surface area contributed by atoms with Crippen LogP contribution in [0.1, 0.15) is 53.7 Å². The van der Waals surface area contributed by atoms with Gasteiger partial charge in [-0.1, -0.05) is 42.0 Å². The molecule has 1 aliphatic heterocycles. The molecule has 1 fully saturated rings. The Hall–Kier alpha value is -3.97. The number of para-hydroxylation sites is 1. The van der Waals surface area contributed by atoms with Gasteiger partial charge in [0.05, 0.1) is 5.69 Å². The number of carbonyl (C=O) groups is 2. The van der Waals surface area contributed by atoms with E-state index in [2.05, 4.69) is 21.3 Å². The summed E-state index contributed by atoms with van der Waals surface area (Å²) in [4.78, 5) is 32.8. The van der Waals surface area contributed by atoms with Crippen molar-refractivity contribution in [1.29, 1.82) is 0 Å². The predicted molar refractivity (Wildman–Crippen MR) is 147 cm³/mol. The molecule has 0 unspecified atom stereocenters. The molecule has 0 spiro atoms. The number of nitrogens with one attached hydrogen (secondary N) is 1. The van der Waals surface area contributed by atoms with E-state index in [1.807, 2.05) is 68.6 Å². The first kappa shape index (κ1) is 26.1. The van der Waals surface area contributed by atoms with E-state index in [0.717, 1.165) is 49.2 Å². The van der Waals surface area contributed by atoms with Gasteiger partial charge >= 0.3 is 6.09 Å². The zero-order chi connectivity index (χ0) is 26.2. The highest BCUT2D eigenvalue weighted by Crippen LogP contribution is 2.36. The first-order chi connectivity index (χ1) is 18.0. The van der Waals surface area contributed by atoms with Crippen molar-refractivity contribution >= 4 is 23.3 Å². The highest BCUT2D eigenvalue weighted by atomic mass is 16.4. The summed E-state index contributed by atoms with van der Waals surface area (Å²) in [5.41, 5.74) is 6.55. The lowest BCUT2D eigenvalue weighted by molar-refractivity contribution is 0.0773. The molecule has 2 N–H and O–H groups in total. The van der Waals surface area contributed by atoms with Gasteiger partial charge in [0.1, 0.15) is 0 Å². The molecular weight excluding hydrogens is 464 g/mol. The number of carbonyl (C=O) groups excluding carboxylic acids is 1. The Morgan fingerprint density at radius 3 is 2.24 bits per heavy atom. The van der Waals surface area contributed by atoms with E-state index in [1.54, 1.807) is 17.2 Å². The minimum absolute atomic E-state index is 0.0161. The van der Waals surface area contributed by atoms with Crippen LogP contribution in [0, 0.1) is 0 Å². The number of aromatic nitrogens is 1. The van der Waals surface area contributed by atoms with Crippen molar-refractivity contribution in [3.8, 4) is 0 Å². The van der Waals surface area contributed by atoms with Crippen LogP contribution in [0.4, 0.5) is 10.5 Å². The largest absolute Gasteiger partial charge is 0.465 e. The number of nitrogens with zero attached hydrogens (tertiary/aromatic N) is 3. The molecule has 3 aromatic rings. The van der Waals surface area contributed by atoms with Gasteiger partial charge in [-0.15, -0.1) is 0 Å². The van der Waals surface area contributed by atoms with Gasteiger partial charge in [-0.3, -0.25) is 20.0 Å². The van der Waals surface area contributed by atoms with E-state index in [9.17, 15) is 14.7 Å². The Balaban J connectivity index is 1.68. The first-order valence-electron chi connectivity index (χ1n) is 12.8. The Kier molecular flexibility index (Phi) is 8.69. The van der Waals surface area contributed by atoms with E-state index >= 15 is 0 Å². The maximum Gasteiger partial charge on any atom is 0.409 e. The summed E-state index contributed by atoms with van der Waals surface area (Å²) in [6.07, 6.45) is 4.35. The van der Waals surface area contributed by atoms with Gasteiger partial charge < -0.3 is 10.0 Å². The number of piperidine rings is 1. The number of likely N-dealkylation sites (tertiary alicyclic amines) is 1. The normalized spacial score (nSPS) is 13.7. The third-order valence-corrected chi connectivity index (χ3v) is 6.85. The van der Waals surface area contributed by atoms with E-state index < -0.39 is 6.09 Å². The van der Waals surface area contributed by atoms with Gasteiger partial charge in [-0.25, -0.2) is 4.79 Å². The Morgan fingerprint density at radius 1 is 0.946 bits per heavy atom. The number of amides is 2. The van der Waals surface area contributed by atoms with E-state index in [-0.39, 0.29) is 5.91 Å². The van der Waals surface area contributed by atoms with Gasteiger partial charge in [0, 0.05) is 56.2 Å². The van der Waals surface area contributed by atoms with Gasteiger partial charge in [0.25, 0.3) is 5.91 Å². The van der Waals surface area contributed by atoms with Crippen LogP contribution in [-0.2, 0) is 6.54 Å². The average molecular weight is 499 g/mol. The fraction of sp³-hybridized carbons (Fsp3) is 0.300. The highest BCUT2D eigenvalue weighted by Gasteiger charge is 2.22. The predicted octanol–water partition coefficient (Wildman–Crippen LogP) is 5.75. The van der Waals surface area contributed by atoms with Gasteiger partial charge in [0.2, 0.25) is 0 Å². The quantitative estimate of drug-likeness (QED) is 0.413. The van der Waals surface area contributed by atoms with Crippen molar-refractivity contribution < 1.29 is 14.7 Å². The standard InChI is InChI=1S/C30H34N4O3/c1-3-34(4-2)29(35)25-13-11-23(12-14-25)28(26-9-5-6-10-27(26)32-30(36)37)24-15-18-33(19-16-24)21-22-8-7-17-31-20-22/h5-14,17,20,32H,3-4,15-16,18-19,21H2,1-2H3,(H,36,37). The molecule has 2 aromatic carbocycles. The number of hydrogen-bond donors (Lipinski definition) is 2. The maximum atomic E-state index is 12.8. The van der Waals surface area contributed by atoms with Crippen molar-refractivity contribution in [1.82, 2.24) is 14.8 Å². The summed E-state index contributed by atoms with van der Waals surface area (Å²) >= 11 is 0. The molecule has 0 radical (unpaired) electrons. The van der Waals surface area contributed by atoms with Gasteiger partial charge in [0.15, 0.2) is 0 Å². The average Bonchev–Trinajstić information content (AvgIpc) is 2.92. The fourth-order valence-electron chi connectivity index (χ4n) is 4.93. The molecule has 4 rings (SSSR count). The number of anilines is 1. The summed E-state index contributed by atoms with van der Waals surface area (Å²) in [6, 6.07) is 19.3. The second-order valence-electron chi connectivity index (χ2n) is 9.15. The van der Waals surface area contributed by atoms with Crippen molar-refractivity contribution in [3.63, 3.8) is 0 Å². The number of benzene rings is 2. The molecule has 0 bridgehead atoms. The summed E-state index contributed by atoms with van der Waals surface area (Å²) in [7, 11) is 0. The van der Waals surface area contributed by atoms with E-state index in [1.165, 1.54) is 11.1 Å². The molecular formula is C30H34N4O3. The number of hydrogen-bond acceptors (Lipinski definition) is 4. The molecule has 0 atom stereocenters. The zero-order valence-electron chi connectivity index (χ0n) is 21.5. The topological polar surface area (TPSA) is 85.8 Å². The Morgan fingerprint density at radius 2 is 1.62 bits per heavy atom. The van der Waals surface area contributed by atoms with E-state index in [0.29, 0.717) is 24.3 Å². The third-order valence-electron chi connectivity index (χ3n) is 6.85. The van der Waals surface area contributed by atoms with Crippen LogP contribution in [0.15, 0.2) is 78.6 Å². The zero-order valence-corrected chi connectivity index (χ0v) is 21.5. The lowest BCUT2D eigenvalue weighted by Gasteiger charge is -2.30. The molecule has 2 amide bonds. The lowest BCUT2D eigenvalue weighted by Crippen LogP contribution is -2.30. The van der Waals surface area contributed by atoms with Crippen LogP contribution < -0.4 is 5.32 Å². The number of rotatable bonds is 8. The first-order valence-corrected chi connectivity index (χ1v) is 12.8. The monoisotopic (exact) mass is 498 g/mol. The molecule has 0 aliphatic carbocycles. The molecule has 7 nitrogen and oxygen atoms in total. The molecule has 1 aromatic heterocycles. The third kappa shape index (κ3) is 6.43. The van der Waals surface area contributed by atoms with Crippen LogP contribution in [0.3, 0.4) is 0 Å². The molecule has 7 heteroatoms. The minimum Gasteiger partial charge on any atom is -0.465 e. The maximum absolute atomic E-state index is 12.8. The minimum atomic E-state index is -1.09. The molecule has 1 aliphatic rings. The van der Waals surface area contributed by atoms with Crippen LogP contribution >= 0.6 is 0 Å². The summed E-state index contributed by atoms with van der Waals surface area (Å²) < 4.78 is 0. The molecule has 1 saturated heterocycles. The highest BCUT2D eigenvalue weighted by molar-refractivity contribution is 5.96. The molecule has 37 heavy (non-hydrogen) atoms. The van der Waals surface area contributed by atoms with Gasteiger partial charge in [-0.2, -0.15) is 0 Å². The SMILES string of the molecule is CCN(CC)C(=O)c1ccc(C(=C2CCN(Cc3cccnc3)CC2)c2ccccc2NC(=O)O)cc1. The molecule has 192 valence electrons. The Bertz CT molecular complexity index is 1240. The number of pyridine rings is 1. The summed E-state index contributed by atoms with van der Waals surface area (Å²) in [6.45, 7) is 7.94. The molecule has 0 saturated carbocycles. The van der Waals surface area contributed by atoms with Crippen molar-refractivity contribution in [2.75, 3.05) is 31.5 Å². The molecule has 2 heterocycles. The fourth-order valence-corrected chi connectivity index (χ4v) is 4.93. The van der Waals surface area contributed by atoms with Crippen LogP contribution in [0.5, 0.6) is 0 Å². The van der Waals surface area contributed by atoms with Crippen LogP contribution in [-0.4, -0.2) is 58.1 Å². The van der Waals surface area contributed by atoms with Gasteiger partial charge in [-0.05, 0) is 67.7 Å². The number of carboxylic acid groups (broad SMARTS) is 1. The second-order valence-corrected chi connectivity index (χ2v) is 9.15. The van der Waals surface area contributed by atoms with Crippen LogP contribution in [0.25, 0.3) is 5.57 Å².